The van der Waals surface area contributed by atoms with Gasteiger partial charge < -0.3 is 4.74 Å². The van der Waals surface area contributed by atoms with E-state index in [0.29, 0.717) is 28.8 Å². The summed E-state index contributed by atoms with van der Waals surface area (Å²) < 4.78 is 5.24. The van der Waals surface area contributed by atoms with E-state index in [0.717, 1.165) is 6.42 Å². The highest BCUT2D eigenvalue weighted by Crippen LogP contribution is 2.65. The Balaban J connectivity index is 1.33. The number of amides is 3. The Hall–Kier alpha value is -3.41. The summed E-state index contributed by atoms with van der Waals surface area (Å²) in [5.74, 6) is 1.02. The van der Waals surface area contributed by atoms with E-state index in [-0.39, 0.29) is 48.1 Å². The Labute approximate surface area is 186 Å². The van der Waals surface area contributed by atoms with Gasteiger partial charge in [0.1, 0.15) is 12.4 Å². The maximum Gasteiger partial charge on any atom is 0.259 e. The summed E-state index contributed by atoms with van der Waals surface area (Å²) >= 11 is 0. The minimum Gasteiger partial charge on any atom is -0.497 e. The number of hydrogen-bond donors (Lipinski definition) is 0. The number of allylic oxidation sites excluding steroid dienone is 2. The summed E-state index contributed by atoms with van der Waals surface area (Å²) in [5, 5.41) is 0. The molecule has 1 aliphatic heterocycles. The molecule has 5 aliphatic rings. The number of likely N-dealkylation sites (tertiary alicyclic amines) is 1. The summed E-state index contributed by atoms with van der Waals surface area (Å²) in [4.78, 5) is 43.2. The summed E-state index contributed by atoms with van der Waals surface area (Å²) in [6.45, 7) is -0.0838. The van der Waals surface area contributed by atoms with Crippen LogP contribution in [0.3, 0.4) is 0 Å². The highest BCUT2D eigenvalue weighted by molar-refractivity contribution is 6.09. The van der Waals surface area contributed by atoms with Crippen molar-refractivity contribution in [1.29, 1.82) is 0 Å². The van der Waals surface area contributed by atoms with Crippen LogP contribution in [0.4, 0.5) is 5.69 Å². The highest BCUT2D eigenvalue weighted by atomic mass is 16.5. The largest absolute Gasteiger partial charge is 0.497 e. The van der Waals surface area contributed by atoms with Crippen LogP contribution in [0.25, 0.3) is 0 Å². The summed E-state index contributed by atoms with van der Waals surface area (Å²) in [6.07, 6.45) is 5.44. The maximum absolute atomic E-state index is 13.4. The number of hydrogen-bond acceptors (Lipinski definition) is 4. The Morgan fingerprint density at radius 2 is 1.53 bits per heavy atom. The lowest BCUT2D eigenvalue weighted by Gasteiger charge is -2.37. The van der Waals surface area contributed by atoms with E-state index in [1.807, 2.05) is 6.07 Å². The third-order valence-electron chi connectivity index (χ3n) is 7.69. The zero-order valence-corrected chi connectivity index (χ0v) is 17.8. The van der Waals surface area contributed by atoms with Crippen molar-refractivity contribution < 1.29 is 19.1 Å². The molecule has 0 N–H and O–H groups in total. The number of anilines is 1. The number of ether oxygens (including phenoxy) is 1. The first-order valence-corrected chi connectivity index (χ1v) is 11.1. The molecule has 0 spiro atoms. The van der Waals surface area contributed by atoms with Gasteiger partial charge in [-0.15, -0.1) is 0 Å². The smallest absolute Gasteiger partial charge is 0.259 e. The Bertz CT molecular complexity index is 1090. The van der Waals surface area contributed by atoms with E-state index in [1.165, 1.54) is 9.80 Å². The minimum absolute atomic E-state index is 0.0838. The molecular formula is C26H24N2O4. The van der Waals surface area contributed by atoms with Crippen LogP contribution in [0.15, 0.2) is 66.7 Å². The van der Waals surface area contributed by atoms with Gasteiger partial charge in [-0.25, -0.2) is 0 Å². The number of rotatable bonds is 5. The first kappa shape index (κ1) is 19.3. The average molecular weight is 428 g/mol. The van der Waals surface area contributed by atoms with Gasteiger partial charge >= 0.3 is 0 Å². The fraction of sp³-hybridized carbons (Fsp3) is 0.346. The molecule has 1 saturated heterocycles. The van der Waals surface area contributed by atoms with Crippen LogP contribution in [-0.4, -0.2) is 36.4 Å². The van der Waals surface area contributed by atoms with Crippen molar-refractivity contribution in [2.45, 2.75) is 6.42 Å². The number of methoxy groups -OCH3 is 1. The van der Waals surface area contributed by atoms with Crippen molar-refractivity contribution in [2.75, 3.05) is 18.7 Å². The standard InChI is InChI=1S/C26H24N2O4/c1-32-17-9-7-16(8-10-17)27(24(29)15-5-3-2-4-6-15)14-28-25(30)22-18-11-12-19(21-13-20(18)21)23(22)26(28)31/h2-12,18-23H,13-14H2,1H3/t18-,19-,20-,21+,22-,23-/m1/s1. The minimum atomic E-state index is -0.272. The van der Waals surface area contributed by atoms with Crippen molar-refractivity contribution in [3.8, 4) is 5.75 Å². The van der Waals surface area contributed by atoms with Crippen LogP contribution in [0.1, 0.15) is 16.8 Å². The number of imide groups is 1. The Kier molecular flexibility index (Phi) is 4.25. The molecule has 2 aromatic carbocycles. The van der Waals surface area contributed by atoms with Crippen molar-refractivity contribution in [2.24, 2.45) is 35.5 Å². The lowest BCUT2D eigenvalue weighted by atomic mass is 9.63. The molecule has 7 rings (SSSR count). The molecule has 3 amide bonds. The molecule has 4 aliphatic carbocycles. The molecule has 6 heteroatoms. The van der Waals surface area contributed by atoms with E-state index in [1.54, 1.807) is 55.6 Å². The SMILES string of the molecule is COc1ccc(N(CN2C(=O)[C@@H]3[C@@H]4C=C[C@H]([C@@H]5C[C@H]45)[C@H]3C2=O)C(=O)c2ccccc2)cc1. The van der Waals surface area contributed by atoms with Crippen molar-refractivity contribution in [3.05, 3.63) is 72.3 Å². The zero-order valence-electron chi connectivity index (χ0n) is 17.8. The average Bonchev–Trinajstić information content (AvgIpc) is 3.63. The van der Waals surface area contributed by atoms with Crippen LogP contribution in [0.2, 0.25) is 0 Å². The normalized spacial score (nSPS) is 31.3. The van der Waals surface area contributed by atoms with E-state index >= 15 is 0 Å². The molecule has 6 atom stereocenters. The highest BCUT2D eigenvalue weighted by Gasteiger charge is 2.67. The van der Waals surface area contributed by atoms with Crippen LogP contribution in [-0.2, 0) is 9.59 Å². The van der Waals surface area contributed by atoms with E-state index in [4.69, 9.17) is 4.74 Å². The molecule has 3 fully saturated rings. The molecule has 0 unspecified atom stereocenters. The predicted molar refractivity (Wildman–Crippen MR) is 118 cm³/mol. The Morgan fingerprint density at radius 3 is 2.09 bits per heavy atom. The summed E-state index contributed by atoms with van der Waals surface area (Å²) in [6, 6.07) is 16.0. The Morgan fingerprint density at radius 1 is 0.938 bits per heavy atom. The first-order valence-electron chi connectivity index (χ1n) is 11.1. The lowest BCUT2D eigenvalue weighted by molar-refractivity contribution is -0.140. The third-order valence-corrected chi connectivity index (χ3v) is 7.69. The molecule has 1 heterocycles. The second-order valence-corrected chi connectivity index (χ2v) is 9.20. The van der Waals surface area contributed by atoms with Crippen LogP contribution in [0.5, 0.6) is 5.75 Å². The van der Waals surface area contributed by atoms with Gasteiger partial charge in [0, 0.05) is 11.3 Å². The molecule has 0 radical (unpaired) electrons. The number of nitrogens with zero attached hydrogens (tertiary/aromatic N) is 2. The predicted octanol–water partition coefficient (Wildman–Crippen LogP) is 3.35. The second-order valence-electron chi connectivity index (χ2n) is 9.20. The fourth-order valence-electron chi connectivity index (χ4n) is 6.06. The van der Waals surface area contributed by atoms with Gasteiger partial charge in [-0.05, 0) is 66.5 Å². The first-order chi connectivity index (χ1) is 15.6. The quantitative estimate of drug-likeness (QED) is 0.541. The van der Waals surface area contributed by atoms with Gasteiger partial charge in [0.25, 0.3) is 5.91 Å². The van der Waals surface area contributed by atoms with Gasteiger partial charge in [-0.1, -0.05) is 30.4 Å². The summed E-state index contributed by atoms with van der Waals surface area (Å²) in [5.41, 5.74) is 1.11. The van der Waals surface area contributed by atoms with Gasteiger partial charge in [0.15, 0.2) is 0 Å². The van der Waals surface area contributed by atoms with Gasteiger partial charge in [-0.3, -0.25) is 24.2 Å². The van der Waals surface area contributed by atoms with Gasteiger partial charge in [0.05, 0.1) is 18.9 Å². The van der Waals surface area contributed by atoms with Crippen LogP contribution < -0.4 is 9.64 Å². The molecule has 32 heavy (non-hydrogen) atoms. The maximum atomic E-state index is 13.4. The molecule has 6 nitrogen and oxygen atoms in total. The number of carbonyl (C=O) groups excluding carboxylic acids is 3. The van der Waals surface area contributed by atoms with Crippen LogP contribution >= 0.6 is 0 Å². The molecular weight excluding hydrogens is 404 g/mol. The third kappa shape index (κ3) is 2.75. The number of carbonyl (C=O) groups is 3. The van der Waals surface area contributed by atoms with E-state index in [9.17, 15) is 14.4 Å². The molecule has 2 saturated carbocycles. The molecule has 162 valence electrons. The molecule has 2 bridgehead atoms. The van der Waals surface area contributed by atoms with Crippen LogP contribution in [0, 0.1) is 35.5 Å². The topological polar surface area (TPSA) is 66.9 Å². The van der Waals surface area contributed by atoms with E-state index in [2.05, 4.69) is 12.2 Å². The second kappa shape index (κ2) is 7.05. The van der Waals surface area contributed by atoms with Crippen molar-refractivity contribution >= 4 is 23.4 Å². The van der Waals surface area contributed by atoms with E-state index < -0.39 is 0 Å². The lowest BCUT2D eigenvalue weighted by Crippen LogP contribution is -2.45. The molecule has 2 aromatic rings. The number of benzene rings is 2. The van der Waals surface area contributed by atoms with Gasteiger partial charge in [0.2, 0.25) is 11.8 Å². The van der Waals surface area contributed by atoms with Crippen molar-refractivity contribution in [3.63, 3.8) is 0 Å². The zero-order chi connectivity index (χ0) is 22.0. The summed E-state index contributed by atoms with van der Waals surface area (Å²) in [7, 11) is 1.58. The molecule has 0 aromatic heterocycles. The fourth-order valence-corrected chi connectivity index (χ4v) is 6.06. The monoisotopic (exact) mass is 428 g/mol. The van der Waals surface area contributed by atoms with Crippen molar-refractivity contribution in [1.82, 2.24) is 4.90 Å². The van der Waals surface area contributed by atoms with Gasteiger partial charge in [-0.2, -0.15) is 0 Å².